The summed E-state index contributed by atoms with van der Waals surface area (Å²) in [6, 6.07) is 2.69. The highest BCUT2D eigenvalue weighted by atomic mass is 16.1. The summed E-state index contributed by atoms with van der Waals surface area (Å²) in [5.74, 6) is 2.56. The molecule has 2 nitrogen and oxygen atoms in total. The van der Waals surface area contributed by atoms with Crippen molar-refractivity contribution in [2.45, 2.75) is 98.8 Å². The van der Waals surface area contributed by atoms with E-state index in [2.05, 4.69) is 46.8 Å². The normalized spacial score (nSPS) is 42.4. The van der Waals surface area contributed by atoms with E-state index in [1.807, 2.05) is 0 Å². The third kappa shape index (κ3) is 2.98. The molecule has 0 aromatic heterocycles. The van der Waals surface area contributed by atoms with E-state index >= 15 is 0 Å². The topological polar surface area (TPSA) is 40.9 Å². The molecule has 0 saturated heterocycles. The van der Waals surface area contributed by atoms with Gasteiger partial charge >= 0.3 is 0 Å². The molecule has 0 amide bonds. The fraction of sp³-hybridized carbons (Fsp3) is 0.778. The van der Waals surface area contributed by atoms with Gasteiger partial charge < -0.3 is 0 Å². The van der Waals surface area contributed by atoms with Gasteiger partial charge in [-0.25, -0.2) is 0 Å². The van der Waals surface area contributed by atoms with Crippen LogP contribution < -0.4 is 0 Å². The van der Waals surface area contributed by atoms with Crippen LogP contribution in [0.4, 0.5) is 0 Å². The number of carbonyl (C=O) groups excluding carboxylic acids is 1. The molecule has 0 heterocycles. The number of Topliss-reactive ketones (excluding diaryl/α,β-unsaturated/α-hetero) is 1. The molecule has 2 heteroatoms. The Hall–Kier alpha value is -1.36. The predicted molar refractivity (Wildman–Crippen MR) is 118 cm³/mol. The smallest absolute Gasteiger partial charge is 0.134 e. The molecule has 0 spiro atoms. The zero-order valence-electron chi connectivity index (χ0n) is 19.2. The van der Waals surface area contributed by atoms with Gasteiger partial charge in [0, 0.05) is 18.3 Å². The predicted octanol–water partition coefficient (Wildman–Crippen LogP) is 7.16. The molecular formula is C27H39NO. The molecule has 0 bridgehead atoms. The summed E-state index contributed by atoms with van der Waals surface area (Å²) in [5.41, 5.74) is 4.67. The van der Waals surface area contributed by atoms with Crippen molar-refractivity contribution >= 4 is 5.78 Å². The van der Waals surface area contributed by atoms with Gasteiger partial charge in [-0.1, -0.05) is 43.6 Å². The first-order valence-corrected chi connectivity index (χ1v) is 12.0. The van der Waals surface area contributed by atoms with E-state index in [1.165, 1.54) is 31.3 Å². The molecule has 158 valence electrons. The number of hydrogen-bond donors (Lipinski definition) is 0. The minimum Gasteiger partial charge on any atom is -0.300 e. The second kappa shape index (κ2) is 7.11. The summed E-state index contributed by atoms with van der Waals surface area (Å²) in [4.78, 5) is 12.3. The van der Waals surface area contributed by atoms with E-state index in [9.17, 15) is 10.1 Å². The van der Waals surface area contributed by atoms with Crippen LogP contribution in [0.25, 0.3) is 0 Å². The highest BCUT2D eigenvalue weighted by Crippen LogP contribution is 2.68. The van der Waals surface area contributed by atoms with Crippen LogP contribution >= 0.6 is 0 Å². The van der Waals surface area contributed by atoms with Gasteiger partial charge in [-0.3, -0.25) is 4.79 Å². The number of carbonyl (C=O) groups is 1. The number of allylic oxidation sites excluding steroid dienone is 4. The Balaban J connectivity index is 1.67. The molecule has 29 heavy (non-hydrogen) atoms. The van der Waals surface area contributed by atoms with Crippen LogP contribution in [0.3, 0.4) is 0 Å². The van der Waals surface area contributed by atoms with Crippen LogP contribution in [0, 0.1) is 45.3 Å². The highest BCUT2D eigenvalue weighted by Gasteiger charge is 2.61. The van der Waals surface area contributed by atoms with Gasteiger partial charge in [0.2, 0.25) is 0 Å². The summed E-state index contributed by atoms with van der Waals surface area (Å²) < 4.78 is 0. The van der Waals surface area contributed by atoms with Crippen molar-refractivity contribution < 1.29 is 4.79 Å². The van der Waals surface area contributed by atoms with Gasteiger partial charge in [0.25, 0.3) is 0 Å². The van der Waals surface area contributed by atoms with Gasteiger partial charge in [0.1, 0.15) is 5.78 Å². The number of nitrogens with zero attached hydrogens (tertiary/aromatic N) is 1. The van der Waals surface area contributed by atoms with Gasteiger partial charge in [-0.15, -0.1) is 0 Å². The number of rotatable bonds is 3. The van der Waals surface area contributed by atoms with Crippen molar-refractivity contribution in [3.05, 3.63) is 22.8 Å². The number of hydrogen-bond acceptors (Lipinski definition) is 2. The standard InChI is InChI=1S/C27H39NO/c1-18(2)6-7-19(3)22-8-9-23-21-11-15-27(17-28)16-20(29)10-14-26(27,5)24(21)12-13-25(22,23)4/h6,19,22-23H,7-16H2,1-5H3/t19-,22-,23+,25-,26-,27+/m1/s1. The molecule has 0 aromatic carbocycles. The van der Waals surface area contributed by atoms with Crippen LogP contribution in [0.2, 0.25) is 0 Å². The van der Waals surface area contributed by atoms with Crippen LogP contribution in [-0.2, 0) is 4.79 Å². The number of nitriles is 1. The third-order valence-corrected chi connectivity index (χ3v) is 9.88. The molecule has 6 atom stereocenters. The van der Waals surface area contributed by atoms with Crippen LogP contribution in [0.1, 0.15) is 98.8 Å². The van der Waals surface area contributed by atoms with Gasteiger partial charge in [0.05, 0.1) is 11.5 Å². The maximum absolute atomic E-state index is 12.3. The molecule has 2 saturated carbocycles. The van der Waals surface area contributed by atoms with E-state index in [4.69, 9.17) is 0 Å². The van der Waals surface area contributed by atoms with Crippen molar-refractivity contribution in [3.63, 3.8) is 0 Å². The molecule has 0 radical (unpaired) electrons. The number of ketones is 1. The Kier molecular flexibility index (Phi) is 5.12. The second-order valence-electron chi connectivity index (χ2n) is 11.5. The first-order chi connectivity index (χ1) is 13.7. The number of fused-ring (bicyclic) bond motifs is 4. The average molecular weight is 394 g/mol. The lowest BCUT2D eigenvalue weighted by atomic mass is 9.45. The van der Waals surface area contributed by atoms with E-state index < -0.39 is 5.41 Å². The molecule has 0 N–H and O–H groups in total. The van der Waals surface area contributed by atoms with Crippen molar-refractivity contribution in [1.82, 2.24) is 0 Å². The second-order valence-corrected chi connectivity index (χ2v) is 11.5. The van der Waals surface area contributed by atoms with E-state index in [0.717, 1.165) is 37.5 Å². The summed E-state index contributed by atoms with van der Waals surface area (Å²) in [7, 11) is 0. The summed E-state index contributed by atoms with van der Waals surface area (Å²) >= 11 is 0. The van der Waals surface area contributed by atoms with E-state index in [1.54, 1.807) is 11.1 Å². The lowest BCUT2D eigenvalue weighted by Gasteiger charge is -2.57. The lowest BCUT2D eigenvalue weighted by molar-refractivity contribution is -0.127. The molecule has 4 rings (SSSR count). The fourth-order valence-electron chi connectivity index (χ4n) is 8.06. The molecule has 4 aliphatic carbocycles. The van der Waals surface area contributed by atoms with Crippen LogP contribution in [0.5, 0.6) is 0 Å². The maximum atomic E-state index is 12.3. The molecule has 0 aromatic rings. The Morgan fingerprint density at radius 1 is 1.17 bits per heavy atom. The van der Waals surface area contributed by atoms with Gasteiger partial charge in [-0.05, 0) is 88.4 Å². The summed E-state index contributed by atoms with van der Waals surface area (Å²) in [6.45, 7) is 11.8. The third-order valence-electron chi connectivity index (χ3n) is 9.88. The first kappa shape index (κ1) is 20.9. The SMILES string of the molecule is CC(C)=CC[C@@H](C)[C@H]1CC[C@H]2C3=C(CC[C@]12C)[C@@]1(C)CCC(=O)C[C@]1(C#N)CC3. The fourth-order valence-corrected chi connectivity index (χ4v) is 8.06. The Morgan fingerprint density at radius 3 is 2.62 bits per heavy atom. The summed E-state index contributed by atoms with van der Waals surface area (Å²) in [5, 5.41) is 10.2. The average Bonchev–Trinajstić information content (AvgIpc) is 3.04. The quantitative estimate of drug-likeness (QED) is 0.477. The molecular weight excluding hydrogens is 354 g/mol. The largest absolute Gasteiger partial charge is 0.300 e. The molecule has 4 aliphatic rings. The van der Waals surface area contributed by atoms with Crippen molar-refractivity contribution in [1.29, 1.82) is 5.26 Å². The zero-order valence-corrected chi connectivity index (χ0v) is 19.2. The Bertz CT molecular complexity index is 809. The monoisotopic (exact) mass is 393 g/mol. The first-order valence-electron chi connectivity index (χ1n) is 12.0. The van der Waals surface area contributed by atoms with E-state index in [0.29, 0.717) is 30.0 Å². The minimum atomic E-state index is -0.441. The van der Waals surface area contributed by atoms with Crippen LogP contribution in [-0.4, -0.2) is 5.78 Å². The molecule has 0 unspecified atom stereocenters. The Labute approximate surface area is 177 Å². The van der Waals surface area contributed by atoms with Crippen molar-refractivity contribution in [2.75, 3.05) is 0 Å². The minimum absolute atomic E-state index is 0.0731. The molecule has 2 fully saturated rings. The summed E-state index contributed by atoms with van der Waals surface area (Å²) in [6.07, 6.45) is 12.7. The van der Waals surface area contributed by atoms with Crippen molar-refractivity contribution in [2.24, 2.45) is 34.0 Å². The van der Waals surface area contributed by atoms with Crippen LogP contribution in [0.15, 0.2) is 22.8 Å². The molecule has 0 aliphatic heterocycles. The van der Waals surface area contributed by atoms with Gasteiger partial charge in [-0.2, -0.15) is 5.26 Å². The lowest BCUT2D eigenvalue weighted by Crippen LogP contribution is -2.51. The zero-order chi connectivity index (χ0) is 21.0. The Morgan fingerprint density at radius 2 is 1.93 bits per heavy atom. The maximum Gasteiger partial charge on any atom is 0.134 e. The van der Waals surface area contributed by atoms with Crippen molar-refractivity contribution in [3.8, 4) is 6.07 Å². The van der Waals surface area contributed by atoms with E-state index in [-0.39, 0.29) is 5.41 Å². The highest BCUT2D eigenvalue weighted by molar-refractivity contribution is 5.81. The van der Waals surface area contributed by atoms with Gasteiger partial charge in [0.15, 0.2) is 0 Å².